The standard InChI is InChI=1S/C18H22F3N3O2/c1-2-17(25)23-8-13-6-12(23)9-24(13)18(26)5-11(22)3-10-4-15(20)16(21)7-14(10)19/h4,7,11-13H,2-3,5-6,8-9,22H2,1H3/t11-,12-,13-/m1/s1. The summed E-state index contributed by atoms with van der Waals surface area (Å²) in [4.78, 5) is 27.9. The highest BCUT2D eigenvalue weighted by atomic mass is 19.2. The predicted octanol–water partition coefficient (Wildman–Crippen LogP) is 1.59. The molecule has 3 atom stereocenters. The lowest BCUT2D eigenvalue weighted by atomic mass is 10.0. The minimum absolute atomic E-state index is 0.00444. The van der Waals surface area contributed by atoms with Crippen LogP contribution in [0.15, 0.2) is 12.1 Å². The van der Waals surface area contributed by atoms with Crippen LogP contribution in [0.5, 0.6) is 0 Å². The van der Waals surface area contributed by atoms with E-state index in [1.165, 1.54) is 0 Å². The second kappa shape index (κ2) is 7.26. The van der Waals surface area contributed by atoms with E-state index in [-0.39, 0.29) is 42.3 Å². The monoisotopic (exact) mass is 369 g/mol. The number of fused-ring (bicyclic) bond motifs is 2. The van der Waals surface area contributed by atoms with E-state index in [0.29, 0.717) is 25.6 Å². The molecule has 0 unspecified atom stereocenters. The Morgan fingerprint density at radius 1 is 1.08 bits per heavy atom. The average molecular weight is 369 g/mol. The zero-order valence-corrected chi connectivity index (χ0v) is 14.6. The maximum Gasteiger partial charge on any atom is 0.224 e. The van der Waals surface area contributed by atoms with Gasteiger partial charge in [-0.1, -0.05) is 6.92 Å². The number of amides is 2. The van der Waals surface area contributed by atoms with Crippen molar-refractivity contribution in [3.05, 3.63) is 35.1 Å². The van der Waals surface area contributed by atoms with Crippen molar-refractivity contribution in [2.75, 3.05) is 13.1 Å². The minimum atomic E-state index is -1.25. The van der Waals surface area contributed by atoms with Crippen molar-refractivity contribution in [1.29, 1.82) is 0 Å². The number of hydrogen-bond donors (Lipinski definition) is 1. The van der Waals surface area contributed by atoms with Gasteiger partial charge in [0, 0.05) is 38.0 Å². The fourth-order valence-electron chi connectivity index (χ4n) is 3.90. The van der Waals surface area contributed by atoms with Gasteiger partial charge in [-0.25, -0.2) is 13.2 Å². The molecule has 0 aliphatic carbocycles. The van der Waals surface area contributed by atoms with E-state index in [9.17, 15) is 22.8 Å². The van der Waals surface area contributed by atoms with Crippen LogP contribution in [0.25, 0.3) is 0 Å². The summed E-state index contributed by atoms with van der Waals surface area (Å²) >= 11 is 0. The van der Waals surface area contributed by atoms with Gasteiger partial charge in [0.25, 0.3) is 0 Å². The van der Waals surface area contributed by atoms with Crippen LogP contribution in [0.4, 0.5) is 13.2 Å². The number of nitrogens with two attached hydrogens (primary N) is 1. The Balaban J connectivity index is 1.56. The Morgan fingerprint density at radius 2 is 1.65 bits per heavy atom. The van der Waals surface area contributed by atoms with Crippen LogP contribution < -0.4 is 5.73 Å². The molecule has 2 heterocycles. The van der Waals surface area contributed by atoms with Gasteiger partial charge in [-0.15, -0.1) is 0 Å². The van der Waals surface area contributed by atoms with E-state index in [1.807, 2.05) is 11.8 Å². The Kier molecular flexibility index (Phi) is 5.22. The fraction of sp³-hybridized carbons (Fsp3) is 0.556. The molecule has 2 fully saturated rings. The van der Waals surface area contributed by atoms with Crippen molar-refractivity contribution in [2.45, 2.75) is 50.7 Å². The molecule has 3 rings (SSSR count). The predicted molar refractivity (Wildman–Crippen MR) is 88.5 cm³/mol. The number of piperazine rings is 1. The summed E-state index contributed by atoms with van der Waals surface area (Å²) in [6.07, 6.45) is 1.15. The average Bonchev–Trinajstić information content (AvgIpc) is 3.19. The molecule has 0 radical (unpaired) electrons. The number of halogens is 3. The van der Waals surface area contributed by atoms with Crippen molar-refractivity contribution in [3.63, 3.8) is 0 Å². The quantitative estimate of drug-likeness (QED) is 0.802. The van der Waals surface area contributed by atoms with Crippen molar-refractivity contribution in [1.82, 2.24) is 9.80 Å². The molecule has 0 spiro atoms. The first-order chi connectivity index (χ1) is 12.3. The van der Waals surface area contributed by atoms with Crippen LogP contribution >= 0.6 is 0 Å². The zero-order valence-electron chi connectivity index (χ0n) is 14.6. The maximum atomic E-state index is 13.7. The lowest BCUT2D eigenvalue weighted by Gasteiger charge is -2.34. The molecule has 2 bridgehead atoms. The van der Waals surface area contributed by atoms with Crippen LogP contribution in [-0.2, 0) is 16.0 Å². The molecule has 2 aliphatic rings. The first-order valence-corrected chi connectivity index (χ1v) is 8.78. The molecular weight excluding hydrogens is 347 g/mol. The Labute approximate surface area is 149 Å². The van der Waals surface area contributed by atoms with Gasteiger partial charge in [-0.2, -0.15) is 0 Å². The van der Waals surface area contributed by atoms with Gasteiger partial charge < -0.3 is 15.5 Å². The number of hydrogen-bond acceptors (Lipinski definition) is 3. The van der Waals surface area contributed by atoms with E-state index in [4.69, 9.17) is 5.73 Å². The second-order valence-corrected chi connectivity index (χ2v) is 7.02. The topological polar surface area (TPSA) is 66.6 Å². The molecule has 0 aromatic heterocycles. The van der Waals surface area contributed by atoms with Gasteiger partial charge in [0.05, 0.1) is 12.1 Å². The van der Waals surface area contributed by atoms with E-state index in [1.54, 1.807) is 4.90 Å². The van der Waals surface area contributed by atoms with Crippen LogP contribution in [0.1, 0.15) is 31.7 Å². The molecule has 2 aliphatic heterocycles. The third kappa shape index (κ3) is 3.56. The van der Waals surface area contributed by atoms with E-state index < -0.39 is 23.5 Å². The molecule has 1 aromatic carbocycles. The molecule has 8 heteroatoms. The number of carbonyl (C=O) groups is 2. The summed E-state index contributed by atoms with van der Waals surface area (Å²) in [5.74, 6) is -3.33. The van der Waals surface area contributed by atoms with Crippen molar-refractivity contribution in [3.8, 4) is 0 Å². The molecule has 5 nitrogen and oxygen atoms in total. The maximum absolute atomic E-state index is 13.7. The largest absolute Gasteiger partial charge is 0.336 e. The summed E-state index contributed by atoms with van der Waals surface area (Å²) in [6.45, 7) is 2.84. The number of rotatable bonds is 5. The molecule has 142 valence electrons. The van der Waals surface area contributed by atoms with Crippen LogP contribution in [0.2, 0.25) is 0 Å². The first-order valence-electron chi connectivity index (χ1n) is 8.78. The molecule has 1 aromatic rings. The summed E-state index contributed by atoms with van der Waals surface area (Å²) in [5, 5.41) is 0. The van der Waals surface area contributed by atoms with Crippen molar-refractivity contribution in [2.24, 2.45) is 5.73 Å². The number of benzene rings is 1. The van der Waals surface area contributed by atoms with Crippen LogP contribution in [0, 0.1) is 17.5 Å². The summed E-state index contributed by atoms with van der Waals surface area (Å²) in [7, 11) is 0. The Morgan fingerprint density at radius 3 is 2.23 bits per heavy atom. The molecule has 26 heavy (non-hydrogen) atoms. The van der Waals surface area contributed by atoms with Crippen LogP contribution in [0.3, 0.4) is 0 Å². The number of nitrogens with zero attached hydrogens (tertiary/aromatic N) is 2. The first kappa shape index (κ1) is 18.7. The fourth-order valence-corrected chi connectivity index (χ4v) is 3.90. The molecule has 2 amide bonds. The van der Waals surface area contributed by atoms with Gasteiger partial charge in [0.1, 0.15) is 5.82 Å². The molecule has 2 saturated heterocycles. The highest BCUT2D eigenvalue weighted by Gasteiger charge is 2.46. The van der Waals surface area contributed by atoms with E-state index in [0.717, 1.165) is 12.5 Å². The zero-order chi connectivity index (χ0) is 19.0. The third-order valence-corrected chi connectivity index (χ3v) is 5.19. The SMILES string of the molecule is CCC(=O)N1C[C@H]2C[C@@H]1CN2C(=O)C[C@H](N)Cc1cc(F)c(F)cc1F. The lowest BCUT2D eigenvalue weighted by molar-refractivity contribution is -0.139. The third-order valence-electron chi connectivity index (χ3n) is 5.19. The summed E-state index contributed by atoms with van der Waals surface area (Å²) < 4.78 is 39.9. The number of carbonyl (C=O) groups excluding carboxylic acids is 2. The summed E-state index contributed by atoms with van der Waals surface area (Å²) in [6, 6.07) is 0.611. The molecule has 2 N–H and O–H groups in total. The molecule has 0 saturated carbocycles. The van der Waals surface area contributed by atoms with Crippen molar-refractivity contribution < 1.29 is 22.8 Å². The van der Waals surface area contributed by atoms with Gasteiger partial charge in [0.2, 0.25) is 11.8 Å². The van der Waals surface area contributed by atoms with Gasteiger partial charge in [-0.3, -0.25) is 9.59 Å². The van der Waals surface area contributed by atoms with Gasteiger partial charge in [0.15, 0.2) is 11.6 Å². The van der Waals surface area contributed by atoms with Gasteiger partial charge in [-0.05, 0) is 24.5 Å². The summed E-state index contributed by atoms with van der Waals surface area (Å²) in [5.41, 5.74) is 5.88. The van der Waals surface area contributed by atoms with Crippen LogP contribution in [-0.4, -0.2) is 52.8 Å². The van der Waals surface area contributed by atoms with Crippen molar-refractivity contribution >= 4 is 11.8 Å². The lowest BCUT2D eigenvalue weighted by Crippen LogP contribution is -2.51. The Hall–Kier alpha value is -2.09. The van der Waals surface area contributed by atoms with Gasteiger partial charge >= 0.3 is 0 Å². The normalized spacial score (nSPS) is 22.8. The number of likely N-dealkylation sites (tertiary alicyclic amines) is 2. The minimum Gasteiger partial charge on any atom is -0.336 e. The molecular formula is C18H22F3N3O2. The highest BCUT2D eigenvalue weighted by molar-refractivity contribution is 5.80. The smallest absolute Gasteiger partial charge is 0.224 e. The highest BCUT2D eigenvalue weighted by Crippen LogP contribution is 2.31. The Bertz CT molecular complexity index is 728. The second-order valence-electron chi connectivity index (χ2n) is 7.02. The van der Waals surface area contributed by atoms with E-state index >= 15 is 0 Å². The van der Waals surface area contributed by atoms with E-state index in [2.05, 4.69) is 0 Å².